The van der Waals surface area contributed by atoms with E-state index in [1.807, 2.05) is 6.07 Å². The van der Waals surface area contributed by atoms with Crippen molar-refractivity contribution in [3.63, 3.8) is 0 Å². The van der Waals surface area contributed by atoms with Gasteiger partial charge >= 0.3 is 0 Å². The van der Waals surface area contributed by atoms with Gasteiger partial charge in [-0.15, -0.1) is 11.3 Å². The molecule has 1 aromatic heterocycles. The van der Waals surface area contributed by atoms with Crippen molar-refractivity contribution in [2.24, 2.45) is 0 Å². The largest absolute Gasteiger partial charge is 0.340 e. The number of amides is 2. The first-order valence-electron chi connectivity index (χ1n) is 9.00. The Morgan fingerprint density at radius 2 is 2.00 bits per heavy atom. The van der Waals surface area contributed by atoms with Gasteiger partial charge in [-0.1, -0.05) is 41.4 Å². The predicted octanol–water partition coefficient (Wildman–Crippen LogP) is 5.25. The first-order valence-corrected chi connectivity index (χ1v) is 10.6. The third-order valence-electron chi connectivity index (χ3n) is 4.34. The van der Waals surface area contributed by atoms with Crippen LogP contribution in [0.1, 0.15) is 33.3 Å². The molecule has 0 saturated heterocycles. The number of nitrogens with zero attached hydrogens (tertiary/aromatic N) is 1. The zero-order chi connectivity index (χ0) is 21.8. The Morgan fingerprint density at radius 3 is 2.73 bits per heavy atom. The molecule has 3 aromatic rings. The Morgan fingerprint density at radius 1 is 1.23 bits per heavy atom. The molecule has 2 aromatic carbocycles. The molecule has 2 amide bonds. The summed E-state index contributed by atoms with van der Waals surface area (Å²) in [5.74, 6) is -1.19. The first-order chi connectivity index (χ1) is 14.2. The van der Waals surface area contributed by atoms with Gasteiger partial charge in [-0.3, -0.25) is 9.59 Å². The second kappa shape index (κ2) is 9.55. The summed E-state index contributed by atoms with van der Waals surface area (Å²) < 4.78 is 13.7. The molecule has 1 heterocycles. The maximum Gasteiger partial charge on any atom is 0.253 e. The van der Waals surface area contributed by atoms with Crippen LogP contribution in [-0.2, 0) is 11.2 Å². The van der Waals surface area contributed by atoms with Crippen LogP contribution in [0, 0.1) is 12.7 Å². The number of aryl methyl sites for hydroxylation is 1. The van der Waals surface area contributed by atoms with E-state index in [4.69, 9.17) is 23.2 Å². The van der Waals surface area contributed by atoms with Crippen molar-refractivity contribution in [2.75, 3.05) is 5.32 Å². The topological polar surface area (TPSA) is 71.1 Å². The number of thiazole rings is 1. The van der Waals surface area contributed by atoms with E-state index in [0.717, 1.165) is 10.4 Å². The fourth-order valence-corrected chi connectivity index (χ4v) is 3.86. The fraction of sp³-hybridized carbons (Fsp3) is 0.190. The van der Waals surface area contributed by atoms with Gasteiger partial charge in [0.15, 0.2) is 5.13 Å². The van der Waals surface area contributed by atoms with E-state index in [0.29, 0.717) is 17.1 Å². The zero-order valence-electron chi connectivity index (χ0n) is 16.1. The highest BCUT2D eigenvalue weighted by atomic mass is 35.5. The number of rotatable bonds is 6. The number of aromatic nitrogens is 1. The molecule has 2 N–H and O–H groups in total. The Hall–Kier alpha value is -2.48. The third-order valence-corrected chi connectivity index (χ3v) is 6.07. The Labute approximate surface area is 187 Å². The van der Waals surface area contributed by atoms with Crippen LogP contribution in [0.15, 0.2) is 42.6 Å². The van der Waals surface area contributed by atoms with Crippen LogP contribution in [0.5, 0.6) is 0 Å². The lowest BCUT2D eigenvalue weighted by Crippen LogP contribution is -2.41. The summed E-state index contributed by atoms with van der Waals surface area (Å²) in [7, 11) is 0. The smallest absolute Gasteiger partial charge is 0.253 e. The van der Waals surface area contributed by atoms with E-state index in [2.05, 4.69) is 15.6 Å². The Balaban J connectivity index is 1.59. The maximum atomic E-state index is 13.7. The van der Waals surface area contributed by atoms with Gasteiger partial charge in [-0.25, -0.2) is 9.37 Å². The van der Waals surface area contributed by atoms with E-state index in [1.165, 1.54) is 23.5 Å². The Kier molecular flexibility index (Phi) is 7.07. The van der Waals surface area contributed by atoms with Gasteiger partial charge < -0.3 is 10.6 Å². The summed E-state index contributed by atoms with van der Waals surface area (Å²) >= 11 is 13.3. The second-order valence-electron chi connectivity index (χ2n) is 6.68. The van der Waals surface area contributed by atoms with Gasteiger partial charge in [0.2, 0.25) is 5.91 Å². The molecule has 1 atom stereocenters. The van der Waals surface area contributed by atoms with E-state index < -0.39 is 17.9 Å². The summed E-state index contributed by atoms with van der Waals surface area (Å²) in [5, 5.41) is 6.03. The van der Waals surface area contributed by atoms with Crippen LogP contribution in [0.2, 0.25) is 10.0 Å². The molecule has 0 bridgehead atoms. The van der Waals surface area contributed by atoms with E-state index >= 15 is 0 Å². The standard InChI is InChI=1S/C21H18Cl2FN3O2S/c1-11-6-7-13(9-17(11)24)8-14-10-25-21(30-14)27-19(28)12(2)26-20(29)15-4-3-5-16(22)18(15)23/h3-7,9-10,12H,8H2,1-2H3,(H,26,29)(H,25,27,28). The molecule has 30 heavy (non-hydrogen) atoms. The van der Waals surface area contributed by atoms with Crippen LogP contribution in [0.25, 0.3) is 0 Å². The highest BCUT2D eigenvalue weighted by Crippen LogP contribution is 2.26. The van der Waals surface area contributed by atoms with Gasteiger partial charge in [0.25, 0.3) is 5.91 Å². The number of carbonyl (C=O) groups excluding carboxylic acids is 2. The molecule has 9 heteroatoms. The zero-order valence-corrected chi connectivity index (χ0v) is 18.5. The molecule has 0 aliphatic carbocycles. The normalized spacial score (nSPS) is 11.8. The molecule has 3 rings (SSSR count). The number of carbonyl (C=O) groups is 2. The number of anilines is 1. The minimum absolute atomic E-state index is 0.126. The van der Waals surface area contributed by atoms with E-state index in [-0.39, 0.29) is 21.4 Å². The van der Waals surface area contributed by atoms with Crippen molar-refractivity contribution in [1.82, 2.24) is 10.3 Å². The molecule has 0 radical (unpaired) electrons. The van der Waals surface area contributed by atoms with Gasteiger partial charge in [-0.2, -0.15) is 0 Å². The van der Waals surface area contributed by atoms with Crippen LogP contribution < -0.4 is 10.6 Å². The number of benzene rings is 2. The lowest BCUT2D eigenvalue weighted by atomic mass is 10.1. The van der Waals surface area contributed by atoms with Crippen molar-refractivity contribution >= 4 is 51.5 Å². The average Bonchev–Trinajstić information content (AvgIpc) is 3.13. The lowest BCUT2D eigenvalue weighted by Gasteiger charge is -2.14. The summed E-state index contributed by atoms with van der Waals surface area (Å²) in [4.78, 5) is 29.8. The summed E-state index contributed by atoms with van der Waals surface area (Å²) in [5.41, 5.74) is 1.59. The highest BCUT2D eigenvalue weighted by molar-refractivity contribution is 7.15. The molecule has 0 aliphatic heterocycles. The highest BCUT2D eigenvalue weighted by Gasteiger charge is 2.20. The molecule has 1 unspecified atom stereocenters. The van der Waals surface area contributed by atoms with E-state index in [9.17, 15) is 14.0 Å². The van der Waals surface area contributed by atoms with Crippen molar-refractivity contribution in [3.05, 3.63) is 80.0 Å². The number of halogens is 3. The van der Waals surface area contributed by atoms with Crippen molar-refractivity contribution in [1.29, 1.82) is 0 Å². The minimum Gasteiger partial charge on any atom is -0.340 e. The van der Waals surface area contributed by atoms with Crippen LogP contribution in [-0.4, -0.2) is 22.8 Å². The number of hydrogen-bond donors (Lipinski definition) is 2. The minimum atomic E-state index is -0.828. The summed E-state index contributed by atoms with van der Waals surface area (Å²) in [6.07, 6.45) is 2.14. The average molecular weight is 466 g/mol. The molecular formula is C21H18Cl2FN3O2S. The molecular weight excluding hydrogens is 448 g/mol. The maximum absolute atomic E-state index is 13.7. The van der Waals surface area contributed by atoms with Crippen molar-refractivity contribution in [2.45, 2.75) is 26.3 Å². The molecule has 0 aliphatic rings. The second-order valence-corrected chi connectivity index (χ2v) is 8.58. The molecule has 156 valence electrons. The van der Waals surface area contributed by atoms with E-state index in [1.54, 1.807) is 38.2 Å². The summed E-state index contributed by atoms with van der Waals surface area (Å²) in [6.45, 7) is 3.26. The van der Waals surface area contributed by atoms with Crippen molar-refractivity contribution in [3.8, 4) is 0 Å². The van der Waals surface area contributed by atoms with Gasteiger partial charge in [-0.05, 0) is 43.2 Å². The lowest BCUT2D eigenvalue weighted by molar-refractivity contribution is -0.117. The number of nitrogens with one attached hydrogen (secondary N) is 2. The summed E-state index contributed by atoms with van der Waals surface area (Å²) in [6, 6.07) is 8.94. The van der Waals surface area contributed by atoms with Crippen LogP contribution in [0.4, 0.5) is 9.52 Å². The Bertz CT molecular complexity index is 1100. The molecule has 5 nitrogen and oxygen atoms in total. The van der Waals surface area contributed by atoms with Crippen LogP contribution in [0.3, 0.4) is 0 Å². The SMILES string of the molecule is Cc1ccc(Cc2cnc(NC(=O)C(C)NC(=O)c3cccc(Cl)c3Cl)s2)cc1F. The van der Waals surface area contributed by atoms with Gasteiger partial charge in [0, 0.05) is 17.5 Å². The third kappa shape index (κ3) is 5.36. The molecule has 0 spiro atoms. The van der Waals surface area contributed by atoms with Crippen molar-refractivity contribution < 1.29 is 14.0 Å². The predicted molar refractivity (Wildman–Crippen MR) is 118 cm³/mol. The monoisotopic (exact) mass is 465 g/mol. The van der Waals surface area contributed by atoms with Gasteiger partial charge in [0.1, 0.15) is 11.9 Å². The fourth-order valence-electron chi connectivity index (χ4n) is 2.63. The van der Waals surface area contributed by atoms with Crippen LogP contribution >= 0.6 is 34.5 Å². The molecule has 0 saturated carbocycles. The quantitative estimate of drug-likeness (QED) is 0.522. The van der Waals surface area contributed by atoms with Gasteiger partial charge in [0.05, 0.1) is 15.6 Å². The number of hydrogen-bond acceptors (Lipinski definition) is 4. The molecule has 0 fully saturated rings. The first kappa shape index (κ1) is 22.2.